The lowest BCUT2D eigenvalue weighted by Crippen LogP contribution is -2.11. The minimum atomic E-state index is -3.72. The number of primary sulfonamides is 1. The van der Waals surface area contributed by atoms with Gasteiger partial charge in [0, 0.05) is 6.42 Å². The quantitative estimate of drug-likeness (QED) is 0.165. The summed E-state index contributed by atoms with van der Waals surface area (Å²) < 4.78 is 28.2. The first kappa shape index (κ1) is 30.9. The summed E-state index contributed by atoms with van der Waals surface area (Å²) in [6, 6.07) is 5.22. The first-order valence-electron chi connectivity index (χ1n) is 12.6. The Balaban J connectivity index is 0.000000341. The van der Waals surface area contributed by atoms with E-state index in [0.29, 0.717) is 24.3 Å². The SMILES string of the molecule is CCCCCCCCCCCCCCCC(=O)S.CCOc1ccc2nc(S(N)(=O)=O)sc2c1. The van der Waals surface area contributed by atoms with Crippen molar-refractivity contribution in [3.63, 3.8) is 0 Å². The van der Waals surface area contributed by atoms with Crippen molar-refractivity contribution >= 4 is 49.3 Å². The fourth-order valence-corrected chi connectivity index (χ4v) is 5.40. The van der Waals surface area contributed by atoms with Gasteiger partial charge in [0.1, 0.15) is 5.75 Å². The Morgan fingerprint density at radius 2 is 1.47 bits per heavy atom. The van der Waals surface area contributed by atoms with Crippen LogP contribution < -0.4 is 9.88 Å². The van der Waals surface area contributed by atoms with Crippen molar-refractivity contribution < 1.29 is 17.9 Å². The molecule has 1 aromatic heterocycles. The van der Waals surface area contributed by atoms with Gasteiger partial charge in [-0.25, -0.2) is 18.5 Å². The lowest BCUT2D eigenvalue weighted by molar-refractivity contribution is -0.110. The molecule has 6 nitrogen and oxygen atoms in total. The second-order valence-electron chi connectivity index (χ2n) is 8.47. The summed E-state index contributed by atoms with van der Waals surface area (Å²) in [7, 11) is -3.72. The molecule has 34 heavy (non-hydrogen) atoms. The molecule has 0 saturated heterocycles. The van der Waals surface area contributed by atoms with E-state index in [-0.39, 0.29) is 9.45 Å². The van der Waals surface area contributed by atoms with Gasteiger partial charge in [0.2, 0.25) is 4.34 Å². The van der Waals surface area contributed by atoms with Crippen LogP contribution in [0.15, 0.2) is 22.5 Å². The number of thiazole rings is 1. The van der Waals surface area contributed by atoms with Crippen LogP contribution in [0.4, 0.5) is 0 Å². The number of sulfonamides is 1. The third kappa shape index (κ3) is 14.3. The van der Waals surface area contributed by atoms with Crippen molar-refractivity contribution in [2.75, 3.05) is 6.61 Å². The maximum atomic E-state index is 11.1. The molecule has 0 unspecified atom stereocenters. The average Bonchev–Trinajstić information content (AvgIpc) is 3.22. The number of aromatic nitrogens is 1. The van der Waals surface area contributed by atoms with Crippen LogP contribution >= 0.6 is 24.0 Å². The molecule has 2 aromatic rings. The Morgan fingerprint density at radius 1 is 0.941 bits per heavy atom. The van der Waals surface area contributed by atoms with Crippen LogP contribution in [0.3, 0.4) is 0 Å². The molecule has 9 heteroatoms. The highest BCUT2D eigenvalue weighted by Crippen LogP contribution is 2.28. The summed E-state index contributed by atoms with van der Waals surface area (Å²) in [5.74, 6) is 0.694. The number of nitrogens with two attached hydrogens (primary N) is 1. The van der Waals surface area contributed by atoms with Gasteiger partial charge in [0.15, 0.2) is 5.12 Å². The molecule has 1 aromatic carbocycles. The summed E-state index contributed by atoms with van der Waals surface area (Å²) in [5, 5.41) is 5.05. The summed E-state index contributed by atoms with van der Waals surface area (Å²) in [6.07, 6.45) is 18.2. The molecule has 0 aliphatic carbocycles. The zero-order valence-corrected chi connectivity index (χ0v) is 23.3. The fraction of sp³-hybridized carbons (Fsp3) is 0.680. The van der Waals surface area contributed by atoms with E-state index in [1.54, 1.807) is 18.2 Å². The number of fused-ring (bicyclic) bond motifs is 1. The molecule has 0 aliphatic heterocycles. The molecule has 0 spiro atoms. The molecule has 2 rings (SSSR count). The van der Waals surface area contributed by atoms with E-state index in [1.165, 1.54) is 77.0 Å². The summed E-state index contributed by atoms with van der Waals surface area (Å²) >= 11 is 4.81. The van der Waals surface area contributed by atoms with Gasteiger partial charge in [0.25, 0.3) is 10.0 Å². The standard InChI is InChI=1S/C16H32OS.C9H10N2O3S2/c1-2-3-4-5-6-7-8-9-10-11-12-13-14-15-16(17)18;1-2-14-6-3-4-7-8(5-6)15-9(11-7)16(10,12)13/h2-15H2,1H3,(H,17,18);3-5H,2H2,1H3,(H2,10,12,13). The highest BCUT2D eigenvalue weighted by molar-refractivity contribution is 7.96. The molecular formula is C25H42N2O4S3. The van der Waals surface area contributed by atoms with Gasteiger partial charge in [0.05, 0.1) is 16.8 Å². The third-order valence-corrected chi connectivity index (χ3v) is 7.95. The van der Waals surface area contributed by atoms with Crippen LogP contribution in [0, 0.1) is 0 Å². The Hall–Kier alpha value is -1.16. The van der Waals surface area contributed by atoms with Gasteiger partial charge < -0.3 is 4.74 Å². The van der Waals surface area contributed by atoms with Gasteiger partial charge >= 0.3 is 0 Å². The number of hydrogen-bond donors (Lipinski definition) is 2. The van der Waals surface area contributed by atoms with E-state index in [0.717, 1.165) is 22.5 Å². The largest absolute Gasteiger partial charge is 0.494 e. The average molecular weight is 531 g/mol. The van der Waals surface area contributed by atoms with Gasteiger partial charge in [-0.3, -0.25) is 4.79 Å². The molecule has 1 heterocycles. The lowest BCUT2D eigenvalue weighted by Gasteiger charge is -2.02. The number of ether oxygens (including phenoxy) is 1. The van der Waals surface area contributed by atoms with Gasteiger partial charge in [-0.2, -0.15) is 0 Å². The molecule has 0 amide bonds. The molecule has 0 aliphatic rings. The second-order valence-corrected chi connectivity index (χ2v) is 11.7. The van der Waals surface area contributed by atoms with Crippen LogP contribution in [0.2, 0.25) is 0 Å². The Kier molecular flexibility index (Phi) is 16.5. The van der Waals surface area contributed by atoms with E-state index in [9.17, 15) is 13.2 Å². The van der Waals surface area contributed by atoms with Crippen LogP contribution in [0.5, 0.6) is 5.75 Å². The number of thiol groups is 1. The van der Waals surface area contributed by atoms with Crippen LogP contribution in [-0.4, -0.2) is 25.1 Å². The molecule has 0 atom stereocenters. The maximum Gasteiger partial charge on any atom is 0.265 e. The van der Waals surface area contributed by atoms with Crippen molar-refractivity contribution in [2.24, 2.45) is 5.14 Å². The maximum absolute atomic E-state index is 11.1. The molecule has 2 N–H and O–H groups in total. The molecule has 0 saturated carbocycles. The molecule has 0 fully saturated rings. The predicted molar refractivity (Wildman–Crippen MR) is 146 cm³/mol. The van der Waals surface area contributed by atoms with Gasteiger partial charge in [-0.1, -0.05) is 84.0 Å². The first-order valence-corrected chi connectivity index (χ1v) is 15.4. The Labute approximate surface area is 215 Å². The second kappa shape index (κ2) is 18.2. The lowest BCUT2D eigenvalue weighted by atomic mass is 10.0. The van der Waals surface area contributed by atoms with Crippen molar-refractivity contribution in [1.29, 1.82) is 0 Å². The van der Waals surface area contributed by atoms with Gasteiger partial charge in [-0.15, -0.1) is 24.0 Å². The first-order chi connectivity index (χ1) is 16.3. The number of rotatable bonds is 17. The molecule has 0 bridgehead atoms. The Morgan fingerprint density at radius 3 is 1.94 bits per heavy atom. The van der Waals surface area contributed by atoms with Crippen molar-refractivity contribution in [1.82, 2.24) is 4.98 Å². The summed E-state index contributed by atoms with van der Waals surface area (Å²) in [4.78, 5) is 14.5. The highest BCUT2D eigenvalue weighted by atomic mass is 32.2. The van der Waals surface area contributed by atoms with Crippen LogP contribution in [-0.2, 0) is 14.8 Å². The number of nitrogens with zero attached hydrogens (tertiary/aromatic N) is 1. The van der Waals surface area contributed by atoms with Crippen molar-refractivity contribution in [2.45, 2.75) is 108 Å². The minimum Gasteiger partial charge on any atom is -0.494 e. The monoisotopic (exact) mass is 530 g/mol. The van der Waals surface area contributed by atoms with E-state index in [2.05, 4.69) is 24.5 Å². The molecule has 0 radical (unpaired) electrons. The molecule has 194 valence electrons. The topological polar surface area (TPSA) is 99.3 Å². The van der Waals surface area contributed by atoms with E-state index < -0.39 is 10.0 Å². The number of unbranched alkanes of at least 4 members (excludes halogenated alkanes) is 12. The number of hydrogen-bond acceptors (Lipinski definition) is 6. The van der Waals surface area contributed by atoms with E-state index >= 15 is 0 Å². The van der Waals surface area contributed by atoms with E-state index in [1.807, 2.05) is 6.92 Å². The fourth-order valence-electron chi connectivity index (χ4n) is 3.56. The smallest absolute Gasteiger partial charge is 0.265 e. The number of benzene rings is 1. The van der Waals surface area contributed by atoms with Crippen LogP contribution in [0.25, 0.3) is 10.2 Å². The van der Waals surface area contributed by atoms with Crippen LogP contribution in [0.1, 0.15) is 104 Å². The third-order valence-electron chi connectivity index (χ3n) is 5.39. The number of carbonyl (C=O) groups excluding carboxylic acids is 1. The minimum absolute atomic E-state index is 0.0399. The van der Waals surface area contributed by atoms with Crippen molar-refractivity contribution in [3.8, 4) is 5.75 Å². The zero-order chi connectivity index (χ0) is 25.2. The highest BCUT2D eigenvalue weighted by Gasteiger charge is 2.14. The van der Waals surface area contributed by atoms with E-state index in [4.69, 9.17) is 9.88 Å². The molecular weight excluding hydrogens is 488 g/mol. The zero-order valence-electron chi connectivity index (χ0n) is 20.8. The normalized spacial score (nSPS) is 11.3. The van der Waals surface area contributed by atoms with Gasteiger partial charge in [-0.05, 0) is 31.5 Å². The Bertz CT molecular complexity index is 929. The number of carbonyl (C=O) groups is 1. The summed E-state index contributed by atoms with van der Waals surface area (Å²) in [6.45, 7) is 4.71. The van der Waals surface area contributed by atoms with Crippen molar-refractivity contribution in [3.05, 3.63) is 18.2 Å². The predicted octanol–water partition coefficient (Wildman–Crippen LogP) is 7.27. The summed E-state index contributed by atoms with van der Waals surface area (Å²) in [5.41, 5.74) is 0.609.